The number of aliphatic hydroxyl groups is 1. The molecule has 2 aromatic carbocycles. The van der Waals surface area contributed by atoms with Gasteiger partial charge in [0.25, 0.3) is 0 Å². The zero-order chi connectivity index (χ0) is 14.4. The summed E-state index contributed by atoms with van der Waals surface area (Å²) in [5, 5.41) is 21.8. The molecule has 0 saturated carbocycles. The lowest BCUT2D eigenvalue weighted by Crippen LogP contribution is -2.21. The summed E-state index contributed by atoms with van der Waals surface area (Å²) in [5.74, 6) is -0.409. The molecule has 0 heterocycles. The zero-order valence-electron chi connectivity index (χ0n) is 10.9. The Labute approximate surface area is 117 Å². The summed E-state index contributed by atoms with van der Waals surface area (Å²) >= 11 is 0. The second-order valence-corrected chi connectivity index (χ2v) is 4.48. The van der Waals surface area contributed by atoms with Crippen LogP contribution >= 0.6 is 0 Å². The fourth-order valence-corrected chi connectivity index (χ4v) is 1.96. The Morgan fingerprint density at radius 1 is 1.20 bits per heavy atom. The lowest BCUT2D eigenvalue weighted by atomic mass is 10.1. The number of nitrogens with one attached hydrogen (secondary N) is 1. The lowest BCUT2D eigenvalue weighted by Gasteiger charge is -2.13. The highest BCUT2D eigenvalue weighted by Gasteiger charge is 2.11. The van der Waals surface area contributed by atoms with E-state index in [9.17, 15) is 9.50 Å². The summed E-state index contributed by atoms with van der Waals surface area (Å²) in [6.07, 6.45) is -0.893. The van der Waals surface area contributed by atoms with E-state index in [0.29, 0.717) is 12.1 Å². The Hall–Kier alpha value is -2.22. The Morgan fingerprint density at radius 3 is 2.75 bits per heavy atom. The van der Waals surface area contributed by atoms with Crippen LogP contribution in [0.5, 0.6) is 0 Å². The van der Waals surface area contributed by atoms with E-state index >= 15 is 0 Å². The smallest absolute Gasteiger partial charge is 0.129 e. The molecule has 102 valence electrons. The van der Waals surface area contributed by atoms with E-state index < -0.39 is 11.9 Å². The predicted octanol–water partition coefficient (Wildman–Crippen LogP) is 2.52. The van der Waals surface area contributed by atoms with E-state index in [0.717, 1.165) is 5.56 Å². The summed E-state index contributed by atoms with van der Waals surface area (Å²) in [7, 11) is 0. The molecule has 0 amide bonds. The maximum Gasteiger partial charge on any atom is 0.129 e. The largest absolute Gasteiger partial charge is 0.387 e. The molecule has 20 heavy (non-hydrogen) atoms. The van der Waals surface area contributed by atoms with Gasteiger partial charge in [0.15, 0.2) is 0 Å². The molecular formula is C16H15FN2O. The van der Waals surface area contributed by atoms with Crippen LogP contribution in [-0.2, 0) is 6.54 Å². The van der Waals surface area contributed by atoms with E-state index in [2.05, 4.69) is 11.4 Å². The van der Waals surface area contributed by atoms with Crippen molar-refractivity contribution >= 4 is 0 Å². The van der Waals surface area contributed by atoms with Crippen molar-refractivity contribution in [2.45, 2.75) is 12.6 Å². The zero-order valence-corrected chi connectivity index (χ0v) is 10.9. The van der Waals surface area contributed by atoms with Gasteiger partial charge in [-0.3, -0.25) is 0 Å². The van der Waals surface area contributed by atoms with Gasteiger partial charge in [0.2, 0.25) is 0 Å². The molecule has 0 aliphatic heterocycles. The fraction of sp³-hybridized carbons (Fsp3) is 0.188. The predicted molar refractivity (Wildman–Crippen MR) is 74.2 cm³/mol. The molecule has 1 atom stereocenters. The van der Waals surface area contributed by atoms with Gasteiger partial charge in [-0.2, -0.15) is 5.26 Å². The minimum atomic E-state index is -0.893. The van der Waals surface area contributed by atoms with E-state index in [1.54, 1.807) is 30.3 Å². The van der Waals surface area contributed by atoms with Gasteiger partial charge in [-0.15, -0.1) is 0 Å². The molecule has 0 aliphatic rings. The Bertz CT molecular complexity index is 622. The first-order chi connectivity index (χ1) is 9.70. The Balaban J connectivity index is 1.90. The van der Waals surface area contributed by atoms with Gasteiger partial charge in [-0.05, 0) is 23.8 Å². The SMILES string of the molecule is N#Cc1cccc(CNCC(O)c2ccccc2F)c1. The molecule has 0 spiro atoms. The van der Waals surface area contributed by atoms with Crippen LogP contribution in [0.3, 0.4) is 0 Å². The van der Waals surface area contributed by atoms with Gasteiger partial charge in [-0.25, -0.2) is 4.39 Å². The van der Waals surface area contributed by atoms with E-state index in [1.807, 2.05) is 12.1 Å². The van der Waals surface area contributed by atoms with Gasteiger partial charge < -0.3 is 10.4 Å². The molecule has 1 unspecified atom stereocenters. The molecule has 0 aromatic heterocycles. The molecule has 2 aromatic rings. The van der Waals surface area contributed by atoms with Crippen molar-refractivity contribution in [2.75, 3.05) is 6.54 Å². The maximum atomic E-state index is 13.5. The van der Waals surface area contributed by atoms with Crippen molar-refractivity contribution in [2.24, 2.45) is 0 Å². The molecule has 2 N–H and O–H groups in total. The quantitative estimate of drug-likeness (QED) is 0.877. The normalized spacial score (nSPS) is 11.8. The first-order valence-corrected chi connectivity index (χ1v) is 6.33. The number of hydrogen-bond donors (Lipinski definition) is 2. The number of benzene rings is 2. The van der Waals surface area contributed by atoms with Crippen molar-refractivity contribution in [1.29, 1.82) is 5.26 Å². The highest BCUT2D eigenvalue weighted by molar-refractivity contribution is 5.32. The standard InChI is InChI=1S/C16H15FN2O/c17-15-7-2-1-6-14(15)16(20)11-19-10-13-5-3-4-12(8-13)9-18/h1-8,16,19-20H,10-11H2. The molecule has 4 heteroatoms. The van der Waals surface area contributed by atoms with Crippen molar-refractivity contribution in [3.63, 3.8) is 0 Å². The van der Waals surface area contributed by atoms with Crippen LogP contribution in [0.2, 0.25) is 0 Å². The first kappa shape index (κ1) is 14.2. The number of hydrogen-bond acceptors (Lipinski definition) is 3. The van der Waals surface area contributed by atoms with E-state index in [1.165, 1.54) is 6.07 Å². The number of halogens is 1. The second kappa shape index (κ2) is 6.80. The summed E-state index contributed by atoms with van der Waals surface area (Å²) in [6, 6.07) is 15.5. The lowest BCUT2D eigenvalue weighted by molar-refractivity contribution is 0.169. The van der Waals surface area contributed by atoms with Crippen molar-refractivity contribution in [3.05, 3.63) is 71.0 Å². The number of nitrogens with zero attached hydrogens (tertiary/aromatic N) is 1. The van der Waals surface area contributed by atoms with E-state index in [4.69, 9.17) is 5.26 Å². The van der Waals surface area contributed by atoms with Gasteiger partial charge >= 0.3 is 0 Å². The molecule has 0 radical (unpaired) electrons. The highest BCUT2D eigenvalue weighted by Crippen LogP contribution is 2.15. The number of aliphatic hydroxyl groups excluding tert-OH is 1. The monoisotopic (exact) mass is 270 g/mol. The number of nitriles is 1. The van der Waals surface area contributed by atoms with Crippen LogP contribution in [0.4, 0.5) is 4.39 Å². The summed E-state index contributed by atoms with van der Waals surface area (Å²) < 4.78 is 13.5. The molecule has 0 saturated heterocycles. The minimum Gasteiger partial charge on any atom is -0.387 e. The van der Waals surface area contributed by atoms with Gasteiger partial charge in [0.1, 0.15) is 5.82 Å². The fourth-order valence-electron chi connectivity index (χ4n) is 1.96. The van der Waals surface area contributed by atoms with Crippen LogP contribution in [0.25, 0.3) is 0 Å². The van der Waals surface area contributed by atoms with E-state index in [-0.39, 0.29) is 12.1 Å². The minimum absolute atomic E-state index is 0.248. The third kappa shape index (κ3) is 3.64. The van der Waals surface area contributed by atoms with Crippen LogP contribution in [-0.4, -0.2) is 11.7 Å². The summed E-state index contributed by atoms with van der Waals surface area (Å²) in [5.41, 5.74) is 1.83. The molecule has 2 rings (SSSR count). The Morgan fingerprint density at radius 2 is 2.00 bits per heavy atom. The molecule has 0 aliphatic carbocycles. The third-order valence-electron chi connectivity index (χ3n) is 2.99. The molecule has 3 nitrogen and oxygen atoms in total. The van der Waals surface area contributed by atoms with Gasteiger partial charge in [0.05, 0.1) is 17.7 Å². The molecule has 0 fully saturated rings. The third-order valence-corrected chi connectivity index (χ3v) is 2.99. The van der Waals surface area contributed by atoms with Gasteiger partial charge in [-0.1, -0.05) is 30.3 Å². The molecule has 0 bridgehead atoms. The van der Waals surface area contributed by atoms with Gasteiger partial charge in [0, 0.05) is 18.7 Å². The highest BCUT2D eigenvalue weighted by atomic mass is 19.1. The average Bonchev–Trinajstić information content (AvgIpc) is 2.48. The van der Waals surface area contributed by atoms with Crippen LogP contribution in [0, 0.1) is 17.1 Å². The average molecular weight is 270 g/mol. The Kier molecular flexibility index (Phi) is 4.83. The van der Waals surface area contributed by atoms with Crippen molar-refractivity contribution in [3.8, 4) is 6.07 Å². The maximum absolute atomic E-state index is 13.5. The molecular weight excluding hydrogens is 255 g/mol. The van der Waals surface area contributed by atoms with Crippen LogP contribution < -0.4 is 5.32 Å². The van der Waals surface area contributed by atoms with Crippen molar-refractivity contribution < 1.29 is 9.50 Å². The van der Waals surface area contributed by atoms with Crippen LogP contribution in [0.1, 0.15) is 22.8 Å². The van der Waals surface area contributed by atoms with Crippen LogP contribution in [0.15, 0.2) is 48.5 Å². The summed E-state index contributed by atoms with van der Waals surface area (Å²) in [6.45, 7) is 0.763. The topological polar surface area (TPSA) is 56.0 Å². The second-order valence-electron chi connectivity index (χ2n) is 4.48. The first-order valence-electron chi connectivity index (χ1n) is 6.33. The summed E-state index contributed by atoms with van der Waals surface area (Å²) in [4.78, 5) is 0. The van der Waals surface area contributed by atoms with Crippen molar-refractivity contribution in [1.82, 2.24) is 5.32 Å². The number of rotatable bonds is 5.